The van der Waals surface area contributed by atoms with E-state index in [-0.39, 0.29) is 6.61 Å². The average molecular weight is 267 g/mol. The topological polar surface area (TPSA) is 33.0 Å². The molecule has 0 saturated heterocycles. The summed E-state index contributed by atoms with van der Waals surface area (Å²) in [5.74, 6) is 5.35. The quantitative estimate of drug-likeness (QED) is 0.825. The number of nitriles is 1. The van der Waals surface area contributed by atoms with Gasteiger partial charge >= 0.3 is 0 Å². The SMILES string of the molecule is N#CCOc1ccccc1C1C2CC3CC(C2)CC1C3. The van der Waals surface area contributed by atoms with E-state index in [0.717, 1.165) is 29.4 Å². The van der Waals surface area contributed by atoms with Crippen LogP contribution in [0.15, 0.2) is 24.3 Å². The molecule has 1 aromatic carbocycles. The molecule has 4 aliphatic rings. The molecule has 0 amide bonds. The van der Waals surface area contributed by atoms with E-state index < -0.39 is 0 Å². The molecule has 4 aliphatic carbocycles. The normalized spacial score (nSPS) is 37.6. The second-order valence-corrected chi connectivity index (χ2v) is 6.94. The largest absolute Gasteiger partial charge is 0.478 e. The minimum absolute atomic E-state index is 0.157. The first-order valence-electron chi connectivity index (χ1n) is 7.94. The molecule has 5 rings (SSSR count). The molecule has 4 bridgehead atoms. The molecule has 4 saturated carbocycles. The lowest BCUT2D eigenvalue weighted by atomic mass is 9.50. The molecule has 104 valence electrons. The first kappa shape index (κ1) is 12.3. The Morgan fingerprint density at radius 2 is 1.65 bits per heavy atom. The molecule has 0 atom stereocenters. The van der Waals surface area contributed by atoms with Crippen LogP contribution in [0.3, 0.4) is 0 Å². The minimum atomic E-state index is 0.157. The van der Waals surface area contributed by atoms with Crippen LogP contribution in [-0.2, 0) is 0 Å². The highest BCUT2D eigenvalue weighted by Crippen LogP contribution is 2.60. The van der Waals surface area contributed by atoms with Gasteiger partial charge in [0.25, 0.3) is 0 Å². The Labute approximate surface area is 120 Å². The van der Waals surface area contributed by atoms with Crippen LogP contribution < -0.4 is 4.74 Å². The maximum Gasteiger partial charge on any atom is 0.174 e. The number of para-hydroxylation sites is 1. The molecular weight excluding hydrogens is 246 g/mol. The summed E-state index contributed by atoms with van der Waals surface area (Å²) in [5.41, 5.74) is 1.37. The molecule has 0 aromatic heterocycles. The summed E-state index contributed by atoms with van der Waals surface area (Å²) in [7, 11) is 0. The number of nitrogens with zero attached hydrogens (tertiary/aromatic N) is 1. The summed E-state index contributed by atoms with van der Waals surface area (Å²) >= 11 is 0. The van der Waals surface area contributed by atoms with Crippen LogP contribution in [0.5, 0.6) is 5.75 Å². The Bertz CT molecular complexity index is 517. The summed E-state index contributed by atoms with van der Waals surface area (Å²) in [4.78, 5) is 0. The van der Waals surface area contributed by atoms with Crippen molar-refractivity contribution in [3.05, 3.63) is 29.8 Å². The number of benzene rings is 1. The predicted octanol–water partition coefficient (Wildman–Crippen LogP) is 4.13. The molecule has 4 fully saturated rings. The van der Waals surface area contributed by atoms with Gasteiger partial charge in [0.15, 0.2) is 6.61 Å². The fraction of sp³-hybridized carbons (Fsp3) is 0.611. The Hall–Kier alpha value is -1.49. The van der Waals surface area contributed by atoms with Crippen LogP contribution in [0, 0.1) is 35.0 Å². The van der Waals surface area contributed by atoms with Crippen molar-refractivity contribution in [2.24, 2.45) is 23.7 Å². The van der Waals surface area contributed by atoms with Crippen molar-refractivity contribution in [1.82, 2.24) is 0 Å². The van der Waals surface area contributed by atoms with E-state index in [9.17, 15) is 0 Å². The summed E-state index contributed by atoms with van der Waals surface area (Å²) in [6, 6.07) is 10.5. The van der Waals surface area contributed by atoms with Crippen LogP contribution in [0.4, 0.5) is 0 Å². The zero-order chi connectivity index (χ0) is 13.5. The van der Waals surface area contributed by atoms with Crippen LogP contribution in [0.2, 0.25) is 0 Å². The van der Waals surface area contributed by atoms with Crippen LogP contribution in [0.1, 0.15) is 43.6 Å². The zero-order valence-corrected chi connectivity index (χ0v) is 11.8. The Kier molecular flexibility index (Phi) is 2.95. The van der Waals surface area contributed by atoms with E-state index in [1.54, 1.807) is 0 Å². The van der Waals surface area contributed by atoms with Gasteiger partial charge in [-0.2, -0.15) is 5.26 Å². The van der Waals surface area contributed by atoms with Gasteiger partial charge in [0.05, 0.1) is 0 Å². The average Bonchev–Trinajstić information content (AvgIpc) is 2.45. The Balaban J connectivity index is 1.66. The first-order valence-corrected chi connectivity index (χ1v) is 7.94. The van der Waals surface area contributed by atoms with Crippen LogP contribution in [-0.4, -0.2) is 6.61 Å². The summed E-state index contributed by atoms with van der Waals surface area (Å²) in [6.45, 7) is 0.157. The van der Waals surface area contributed by atoms with Crippen LogP contribution >= 0.6 is 0 Å². The number of ether oxygens (including phenoxy) is 1. The van der Waals surface area contributed by atoms with Gasteiger partial charge in [-0.05, 0) is 73.3 Å². The van der Waals surface area contributed by atoms with E-state index in [1.165, 1.54) is 37.7 Å². The second kappa shape index (κ2) is 4.81. The summed E-state index contributed by atoms with van der Waals surface area (Å²) in [6.07, 6.45) is 7.18. The fourth-order valence-corrected chi connectivity index (χ4v) is 5.43. The molecule has 0 N–H and O–H groups in total. The maximum atomic E-state index is 8.76. The third-order valence-electron chi connectivity index (χ3n) is 5.80. The molecular formula is C18H21NO. The van der Waals surface area contributed by atoms with Crippen molar-refractivity contribution in [3.63, 3.8) is 0 Å². The van der Waals surface area contributed by atoms with Gasteiger partial charge < -0.3 is 4.74 Å². The molecule has 0 radical (unpaired) electrons. The maximum absolute atomic E-state index is 8.76. The van der Waals surface area contributed by atoms with E-state index >= 15 is 0 Å². The van der Waals surface area contributed by atoms with Crippen molar-refractivity contribution in [2.45, 2.75) is 38.0 Å². The molecule has 0 aliphatic heterocycles. The smallest absolute Gasteiger partial charge is 0.174 e. The Morgan fingerprint density at radius 1 is 1.00 bits per heavy atom. The van der Waals surface area contributed by atoms with Crippen LogP contribution in [0.25, 0.3) is 0 Å². The van der Waals surface area contributed by atoms with Crippen molar-refractivity contribution >= 4 is 0 Å². The van der Waals surface area contributed by atoms with Gasteiger partial charge in [-0.25, -0.2) is 0 Å². The molecule has 2 heteroatoms. The van der Waals surface area contributed by atoms with E-state index in [2.05, 4.69) is 18.2 Å². The van der Waals surface area contributed by atoms with Gasteiger partial charge in [-0.3, -0.25) is 0 Å². The van der Waals surface area contributed by atoms with Crippen molar-refractivity contribution in [3.8, 4) is 11.8 Å². The van der Waals surface area contributed by atoms with Gasteiger partial charge in [-0.1, -0.05) is 18.2 Å². The fourth-order valence-electron chi connectivity index (χ4n) is 5.43. The molecule has 0 unspecified atom stereocenters. The van der Waals surface area contributed by atoms with Crippen molar-refractivity contribution in [1.29, 1.82) is 5.26 Å². The molecule has 20 heavy (non-hydrogen) atoms. The Morgan fingerprint density at radius 3 is 2.30 bits per heavy atom. The summed E-state index contributed by atoms with van der Waals surface area (Å²) < 4.78 is 5.68. The molecule has 2 nitrogen and oxygen atoms in total. The molecule has 1 aromatic rings. The lowest BCUT2D eigenvalue weighted by Gasteiger charge is -2.54. The summed E-state index contributed by atoms with van der Waals surface area (Å²) in [5, 5.41) is 8.76. The monoisotopic (exact) mass is 267 g/mol. The highest BCUT2D eigenvalue weighted by Gasteiger charge is 2.49. The number of rotatable bonds is 3. The first-order chi connectivity index (χ1) is 9.85. The third kappa shape index (κ3) is 1.92. The van der Waals surface area contributed by atoms with E-state index in [0.29, 0.717) is 5.92 Å². The van der Waals surface area contributed by atoms with Gasteiger partial charge in [0.1, 0.15) is 11.8 Å². The lowest BCUT2D eigenvalue weighted by molar-refractivity contribution is -0.00355. The van der Waals surface area contributed by atoms with Gasteiger partial charge in [0.2, 0.25) is 0 Å². The number of hydrogen-bond acceptors (Lipinski definition) is 2. The third-order valence-corrected chi connectivity index (χ3v) is 5.80. The molecule has 0 heterocycles. The lowest BCUT2D eigenvalue weighted by Crippen LogP contribution is -2.43. The number of hydrogen-bond donors (Lipinski definition) is 0. The van der Waals surface area contributed by atoms with E-state index in [4.69, 9.17) is 10.00 Å². The van der Waals surface area contributed by atoms with Crippen molar-refractivity contribution in [2.75, 3.05) is 6.61 Å². The van der Waals surface area contributed by atoms with E-state index in [1.807, 2.05) is 12.1 Å². The highest BCUT2D eigenvalue weighted by atomic mass is 16.5. The van der Waals surface area contributed by atoms with Crippen molar-refractivity contribution < 1.29 is 4.74 Å². The molecule has 0 spiro atoms. The predicted molar refractivity (Wildman–Crippen MR) is 77.3 cm³/mol. The zero-order valence-electron chi connectivity index (χ0n) is 11.8. The highest BCUT2D eigenvalue weighted by molar-refractivity contribution is 5.38. The van der Waals surface area contributed by atoms with Gasteiger partial charge in [0, 0.05) is 0 Å². The van der Waals surface area contributed by atoms with Gasteiger partial charge in [-0.15, -0.1) is 0 Å². The minimum Gasteiger partial charge on any atom is -0.478 e. The second-order valence-electron chi connectivity index (χ2n) is 6.94. The standard InChI is InChI=1S/C18H21NO/c19-5-6-20-17-4-2-1-3-16(17)18-14-8-12-7-13(10-14)11-15(18)9-12/h1-4,12-15,18H,6-11H2.